The van der Waals surface area contributed by atoms with Gasteiger partial charge in [-0.25, -0.2) is 9.78 Å². The zero-order chi connectivity index (χ0) is 25.2. The highest BCUT2D eigenvalue weighted by atomic mass is 16.2. The van der Waals surface area contributed by atoms with Crippen molar-refractivity contribution in [2.45, 2.75) is 58.7 Å². The van der Waals surface area contributed by atoms with E-state index in [2.05, 4.69) is 9.97 Å². The molecule has 8 nitrogen and oxygen atoms in total. The lowest BCUT2D eigenvalue weighted by molar-refractivity contribution is 0.0731. The number of pyridine rings is 2. The van der Waals surface area contributed by atoms with Gasteiger partial charge in [0.05, 0.1) is 10.9 Å². The average molecular weight is 484 g/mol. The predicted molar refractivity (Wildman–Crippen MR) is 138 cm³/mol. The molecule has 1 saturated carbocycles. The minimum atomic E-state index is -0.585. The standard InChI is InChI=1S/C28H29N5O3/c1-3-13-33-25-24(26(34)31-28(33)36)22(14-23(30-25)20-10-11-20)27(35)32(16-19-8-6-12-29-15-19)17-21-9-5-4-7-18(21)2/h4-9,12,14-15,20H,3,10-11,13,16-17H2,1-2H3,(H,31,34,36). The van der Waals surface area contributed by atoms with Crippen molar-refractivity contribution in [2.75, 3.05) is 0 Å². The summed E-state index contributed by atoms with van der Waals surface area (Å²) in [4.78, 5) is 53.0. The zero-order valence-corrected chi connectivity index (χ0v) is 20.5. The number of H-pyrrole nitrogens is 1. The van der Waals surface area contributed by atoms with Crippen molar-refractivity contribution in [3.63, 3.8) is 0 Å². The van der Waals surface area contributed by atoms with E-state index in [4.69, 9.17) is 4.98 Å². The lowest BCUT2D eigenvalue weighted by Gasteiger charge is -2.25. The van der Waals surface area contributed by atoms with Crippen LogP contribution >= 0.6 is 0 Å². The summed E-state index contributed by atoms with van der Waals surface area (Å²) in [5.74, 6) is -0.0304. The Balaban J connectivity index is 1.68. The Kier molecular flexibility index (Phi) is 6.50. The Hall–Kier alpha value is -4.07. The van der Waals surface area contributed by atoms with E-state index in [1.54, 1.807) is 23.4 Å². The van der Waals surface area contributed by atoms with Gasteiger partial charge in [0.25, 0.3) is 11.5 Å². The first-order valence-electron chi connectivity index (χ1n) is 12.4. The van der Waals surface area contributed by atoms with Gasteiger partial charge in [-0.05, 0) is 55.0 Å². The highest BCUT2D eigenvalue weighted by molar-refractivity contribution is 6.05. The highest BCUT2D eigenvalue weighted by Gasteiger charge is 2.30. The molecule has 0 radical (unpaired) electrons. The summed E-state index contributed by atoms with van der Waals surface area (Å²) >= 11 is 0. The predicted octanol–water partition coefficient (Wildman–Crippen LogP) is 3.92. The molecular formula is C28H29N5O3. The van der Waals surface area contributed by atoms with E-state index >= 15 is 0 Å². The number of rotatable bonds is 8. The Morgan fingerprint density at radius 1 is 1.14 bits per heavy atom. The number of carbonyl (C=O) groups is 1. The largest absolute Gasteiger partial charge is 0.330 e. The summed E-state index contributed by atoms with van der Waals surface area (Å²) < 4.78 is 1.48. The van der Waals surface area contributed by atoms with Crippen molar-refractivity contribution in [3.05, 3.63) is 104 Å². The van der Waals surface area contributed by atoms with Gasteiger partial charge in [0.15, 0.2) is 5.65 Å². The molecule has 1 aliphatic carbocycles. The Morgan fingerprint density at radius 2 is 1.94 bits per heavy atom. The molecule has 1 N–H and O–H groups in total. The van der Waals surface area contributed by atoms with Crippen molar-refractivity contribution in [1.82, 2.24) is 24.4 Å². The molecule has 1 amide bonds. The van der Waals surface area contributed by atoms with E-state index in [-0.39, 0.29) is 28.4 Å². The second-order valence-corrected chi connectivity index (χ2v) is 9.43. The number of aromatic nitrogens is 4. The van der Waals surface area contributed by atoms with Gasteiger partial charge in [0, 0.05) is 43.6 Å². The van der Waals surface area contributed by atoms with Crippen LogP contribution in [0.2, 0.25) is 0 Å². The van der Waals surface area contributed by atoms with Gasteiger partial charge < -0.3 is 4.90 Å². The normalized spacial score (nSPS) is 13.2. The van der Waals surface area contributed by atoms with Crippen LogP contribution in [-0.2, 0) is 19.6 Å². The van der Waals surface area contributed by atoms with Crippen LogP contribution in [0.1, 0.15) is 64.8 Å². The van der Waals surface area contributed by atoms with Crippen LogP contribution in [0.25, 0.3) is 11.0 Å². The maximum atomic E-state index is 14.2. The van der Waals surface area contributed by atoms with E-state index in [0.717, 1.165) is 35.2 Å². The average Bonchev–Trinajstić information content (AvgIpc) is 3.72. The van der Waals surface area contributed by atoms with E-state index in [1.165, 1.54) is 4.57 Å². The Morgan fingerprint density at radius 3 is 2.64 bits per heavy atom. The molecular weight excluding hydrogens is 454 g/mol. The topological polar surface area (TPSA) is 101 Å². The van der Waals surface area contributed by atoms with Gasteiger partial charge >= 0.3 is 5.69 Å². The van der Waals surface area contributed by atoms with Crippen LogP contribution in [0.5, 0.6) is 0 Å². The summed E-state index contributed by atoms with van der Waals surface area (Å²) in [6, 6.07) is 13.5. The molecule has 8 heteroatoms. The van der Waals surface area contributed by atoms with Gasteiger partial charge in [0.1, 0.15) is 0 Å². The first-order valence-corrected chi connectivity index (χ1v) is 12.4. The van der Waals surface area contributed by atoms with E-state index in [9.17, 15) is 14.4 Å². The first kappa shape index (κ1) is 23.7. The number of hydrogen-bond donors (Lipinski definition) is 1. The number of aryl methyl sites for hydroxylation is 2. The van der Waals surface area contributed by atoms with Crippen LogP contribution in [-0.4, -0.2) is 30.3 Å². The van der Waals surface area contributed by atoms with Crippen molar-refractivity contribution in [3.8, 4) is 0 Å². The number of hydrogen-bond acceptors (Lipinski definition) is 5. The van der Waals surface area contributed by atoms with Crippen molar-refractivity contribution < 1.29 is 4.79 Å². The van der Waals surface area contributed by atoms with Crippen LogP contribution < -0.4 is 11.2 Å². The van der Waals surface area contributed by atoms with E-state index in [1.807, 2.05) is 50.2 Å². The molecule has 3 aromatic heterocycles. The molecule has 0 bridgehead atoms. The number of aromatic amines is 1. The first-order chi connectivity index (χ1) is 17.5. The molecule has 1 aromatic carbocycles. The third-order valence-electron chi connectivity index (χ3n) is 6.65. The number of nitrogens with zero attached hydrogens (tertiary/aromatic N) is 4. The van der Waals surface area contributed by atoms with Crippen molar-refractivity contribution in [1.29, 1.82) is 0 Å². The van der Waals surface area contributed by atoms with Gasteiger partial charge in [-0.3, -0.25) is 24.1 Å². The van der Waals surface area contributed by atoms with Gasteiger partial charge in [-0.2, -0.15) is 0 Å². The molecule has 4 aromatic rings. The quantitative estimate of drug-likeness (QED) is 0.409. The summed E-state index contributed by atoms with van der Waals surface area (Å²) in [6.07, 6.45) is 6.10. The summed E-state index contributed by atoms with van der Waals surface area (Å²) in [6.45, 7) is 5.08. The molecule has 36 heavy (non-hydrogen) atoms. The van der Waals surface area contributed by atoms with Crippen LogP contribution in [0.4, 0.5) is 0 Å². The molecule has 0 aliphatic heterocycles. The minimum absolute atomic E-state index is 0.165. The second kappa shape index (κ2) is 9.89. The fourth-order valence-corrected chi connectivity index (χ4v) is 4.56. The fraction of sp³-hybridized carbons (Fsp3) is 0.321. The lowest BCUT2D eigenvalue weighted by atomic mass is 10.0. The third-order valence-corrected chi connectivity index (χ3v) is 6.65. The monoisotopic (exact) mass is 483 g/mol. The van der Waals surface area contributed by atoms with Crippen molar-refractivity contribution >= 4 is 16.9 Å². The maximum Gasteiger partial charge on any atom is 0.329 e. The molecule has 184 valence electrons. The molecule has 0 saturated heterocycles. The molecule has 0 unspecified atom stereocenters. The number of amides is 1. The van der Waals surface area contributed by atoms with E-state index < -0.39 is 11.2 Å². The number of benzene rings is 1. The summed E-state index contributed by atoms with van der Waals surface area (Å²) in [7, 11) is 0. The Labute approximate surface area is 208 Å². The van der Waals surface area contributed by atoms with Crippen LogP contribution in [0, 0.1) is 6.92 Å². The molecule has 0 atom stereocenters. The molecule has 5 rings (SSSR count). The molecule has 0 spiro atoms. The molecule has 3 heterocycles. The smallest absolute Gasteiger partial charge is 0.329 e. The summed E-state index contributed by atoms with van der Waals surface area (Å²) in [5, 5.41) is 0.165. The number of nitrogens with one attached hydrogen (secondary N) is 1. The second-order valence-electron chi connectivity index (χ2n) is 9.43. The van der Waals surface area contributed by atoms with Gasteiger partial charge in [0.2, 0.25) is 0 Å². The minimum Gasteiger partial charge on any atom is -0.330 e. The fourth-order valence-electron chi connectivity index (χ4n) is 4.56. The molecule has 1 aliphatic rings. The third kappa shape index (κ3) is 4.71. The number of carbonyl (C=O) groups excluding carboxylic acids is 1. The van der Waals surface area contributed by atoms with Crippen molar-refractivity contribution in [2.24, 2.45) is 0 Å². The number of fused-ring (bicyclic) bond motifs is 1. The highest BCUT2D eigenvalue weighted by Crippen LogP contribution is 2.40. The zero-order valence-electron chi connectivity index (χ0n) is 20.5. The van der Waals surface area contributed by atoms with Gasteiger partial charge in [-0.15, -0.1) is 0 Å². The van der Waals surface area contributed by atoms with Gasteiger partial charge in [-0.1, -0.05) is 37.3 Å². The molecule has 1 fully saturated rings. The summed E-state index contributed by atoms with van der Waals surface area (Å²) in [5.41, 5.74) is 3.23. The lowest BCUT2D eigenvalue weighted by Crippen LogP contribution is -2.35. The van der Waals surface area contributed by atoms with E-state index in [0.29, 0.717) is 26.1 Å². The van der Waals surface area contributed by atoms with Crippen LogP contribution in [0.15, 0.2) is 64.4 Å². The Bertz CT molecular complexity index is 1540. The van der Waals surface area contributed by atoms with Crippen LogP contribution in [0.3, 0.4) is 0 Å². The SMILES string of the molecule is CCCn1c(=O)[nH]c(=O)c2c(C(=O)N(Cc3cccnc3)Cc3ccccc3C)cc(C3CC3)nc21. The maximum absolute atomic E-state index is 14.2.